The van der Waals surface area contributed by atoms with E-state index in [2.05, 4.69) is 5.32 Å². The van der Waals surface area contributed by atoms with E-state index in [4.69, 9.17) is 4.74 Å². The third kappa shape index (κ3) is 4.02. The first-order valence-electron chi connectivity index (χ1n) is 6.25. The lowest BCUT2D eigenvalue weighted by Crippen LogP contribution is -2.36. The van der Waals surface area contributed by atoms with Crippen LogP contribution in [-0.2, 0) is 4.79 Å². The summed E-state index contributed by atoms with van der Waals surface area (Å²) < 4.78 is 19.0. The maximum atomic E-state index is 13.7. The highest BCUT2D eigenvalue weighted by atomic mass is 19.1. The summed E-state index contributed by atoms with van der Waals surface area (Å²) >= 11 is 0. The predicted octanol–water partition coefficient (Wildman–Crippen LogP) is 2.82. The van der Waals surface area contributed by atoms with Crippen LogP contribution >= 0.6 is 0 Å². The molecule has 18 heavy (non-hydrogen) atoms. The topological polar surface area (TPSA) is 38.3 Å². The summed E-state index contributed by atoms with van der Waals surface area (Å²) in [6.07, 6.45) is 1.25. The molecule has 1 unspecified atom stereocenters. The molecule has 0 bridgehead atoms. The fraction of sp³-hybridized carbons (Fsp3) is 0.500. The third-order valence-electron chi connectivity index (χ3n) is 2.66. The Kier molecular flexibility index (Phi) is 5.62. The van der Waals surface area contributed by atoms with Gasteiger partial charge in [0.25, 0.3) is 5.91 Å². The highest BCUT2D eigenvalue weighted by molar-refractivity contribution is 5.80. The summed E-state index contributed by atoms with van der Waals surface area (Å²) in [5.74, 6) is -0.511. The van der Waals surface area contributed by atoms with Crippen LogP contribution in [0.25, 0.3) is 0 Å². The first-order chi connectivity index (χ1) is 8.56. The van der Waals surface area contributed by atoms with Crippen LogP contribution in [0.5, 0.6) is 5.75 Å². The zero-order valence-electron chi connectivity index (χ0n) is 11.1. The molecule has 1 N–H and O–H groups in total. The molecule has 0 aliphatic heterocycles. The van der Waals surface area contributed by atoms with Crippen molar-refractivity contribution in [3.63, 3.8) is 0 Å². The number of carbonyl (C=O) groups excluding carboxylic acids is 1. The second-order valence-corrected chi connectivity index (χ2v) is 4.29. The molecule has 0 fully saturated rings. The lowest BCUT2D eigenvalue weighted by Gasteiger charge is -2.15. The van der Waals surface area contributed by atoms with Crippen LogP contribution in [0.15, 0.2) is 18.2 Å². The smallest absolute Gasteiger partial charge is 0.260 e. The van der Waals surface area contributed by atoms with Gasteiger partial charge in [-0.05, 0) is 31.9 Å². The molecule has 0 aliphatic rings. The van der Waals surface area contributed by atoms with Gasteiger partial charge in [0.15, 0.2) is 17.7 Å². The Balaban J connectivity index is 2.56. The second-order valence-electron chi connectivity index (χ2n) is 4.29. The van der Waals surface area contributed by atoms with Crippen LogP contribution in [0.1, 0.15) is 32.3 Å². The molecule has 1 atom stereocenters. The Bertz CT molecular complexity index is 407. The standard InChI is InChI=1S/C14H20FNO2/c1-4-5-9-16-14(17)11(3)18-12-8-6-7-10(2)13(12)15/h6-8,11H,4-5,9H2,1-3H3,(H,16,17). The number of nitrogens with one attached hydrogen (secondary N) is 1. The van der Waals surface area contributed by atoms with Crippen molar-refractivity contribution in [2.24, 2.45) is 0 Å². The largest absolute Gasteiger partial charge is 0.478 e. The first-order valence-corrected chi connectivity index (χ1v) is 6.25. The van der Waals surface area contributed by atoms with E-state index < -0.39 is 11.9 Å². The molecule has 0 heterocycles. The van der Waals surface area contributed by atoms with Gasteiger partial charge in [-0.2, -0.15) is 0 Å². The van der Waals surface area contributed by atoms with E-state index in [1.165, 1.54) is 6.07 Å². The van der Waals surface area contributed by atoms with Gasteiger partial charge in [0.2, 0.25) is 0 Å². The van der Waals surface area contributed by atoms with Gasteiger partial charge >= 0.3 is 0 Å². The van der Waals surface area contributed by atoms with Crippen molar-refractivity contribution in [2.45, 2.75) is 39.7 Å². The Hall–Kier alpha value is -1.58. The molecule has 0 saturated carbocycles. The minimum absolute atomic E-state index is 0.119. The highest BCUT2D eigenvalue weighted by Crippen LogP contribution is 2.20. The third-order valence-corrected chi connectivity index (χ3v) is 2.66. The molecule has 0 aliphatic carbocycles. The molecular weight excluding hydrogens is 233 g/mol. The van der Waals surface area contributed by atoms with Crippen LogP contribution in [-0.4, -0.2) is 18.6 Å². The summed E-state index contributed by atoms with van der Waals surface area (Å²) in [5.41, 5.74) is 0.506. The maximum absolute atomic E-state index is 13.7. The number of halogens is 1. The van der Waals surface area contributed by atoms with Crippen molar-refractivity contribution < 1.29 is 13.9 Å². The minimum atomic E-state index is -0.696. The van der Waals surface area contributed by atoms with Gasteiger partial charge in [-0.25, -0.2) is 4.39 Å². The van der Waals surface area contributed by atoms with E-state index in [0.717, 1.165) is 12.8 Å². The number of unbranched alkanes of at least 4 members (excludes halogenated alkanes) is 1. The molecule has 0 spiro atoms. The monoisotopic (exact) mass is 253 g/mol. The average molecular weight is 253 g/mol. The molecule has 0 radical (unpaired) electrons. The maximum Gasteiger partial charge on any atom is 0.260 e. The molecule has 0 saturated heterocycles. The summed E-state index contributed by atoms with van der Waals surface area (Å²) in [6.45, 7) is 5.95. The Morgan fingerprint density at radius 2 is 2.22 bits per heavy atom. The number of hydrogen-bond acceptors (Lipinski definition) is 2. The number of benzene rings is 1. The van der Waals surface area contributed by atoms with E-state index in [1.807, 2.05) is 6.92 Å². The van der Waals surface area contributed by atoms with Crippen molar-refractivity contribution in [3.8, 4) is 5.75 Å². The van der Waals surface area contributed by atoms with Gasteiger partial charge in [-0.1, -0.05) is 25.5 Å². The van der Waals surface area contributed by atoms with Crippen molar-refractivity contribution in [2.75, 3.05) is 6.54 Å². The number of amides is 1. The van der Waals surface area contributed by atoms with Crippen LogP contribution in [0.4, 0.5) is 4.39 Å². The normalized spacial score (nSPS) is 12.0. The van der Waals surface area contributed by atoms with Gasteiger partial charge in [0.1, 0.15) is 0 Å². The number of rotatable bonds is 6. The number of aryl methyl sites for hydroxylation is 1. The van der Waals surface area contributed by atoms with Crippen LogP contribution in [0, 0.1) is 12.7 Å². The van der Waals surface area contributed by atoms with E-state index in [0.29, 0.717) is 12.1 Å². The summed E-state index contributed by atoms with van der Waals surface area (Å²) in [6, 6.07) is 4.89. The molecular formula is C14H20FNO2. The number of carbonyl (C=O) groups is 1. The van der Waals surface area contributed by atoms with Crippen molar-refractivity contribution in [1.82, 2.24) is 5.32 Å². The lowest BCUT2D eigenvalue weighted by molar-refractivity contribution is -0.127. The molecule has 3 nitrogen and oxygen atoms in total. The molecule has 100 valence electrons. The summed E-state index contributed by atoms with van der Waals surface area (Å²) in [5, 5.41) is 2.75. The highest BCUT2D eigenvalue weighted by Gasteiger charge is 2.16. The second kappa shape index (κ2) is 6.99. The fourth-order valence-electron chi connectivity index (χ4n) is 1.49. The SMILES string of the molecule is CCCCNC(=O)C(C)Oc1cccc(C)c1F. The van der Waals surface area contributed by atoms with E-state index in [1.54, 1.807) is 26.0 Å². The lowest BCUT2D eigenvalue weighted by atomic mass is 10.2. The van der Waals surface area contributed by atoms with Gasteiger partial charge in [0.05, 0.1) is 0 Å². The molecule has 1 rings (SSSR count). The summed E-state index contributed by atoms with van der Waals surface area (Å²) in [7, 11) is 0. The molecule has 1 aromatic carbocycles. The van der Waals surface area contributed by atoms with Crippen molar-refractivity contribution in [3.05, 3.63) is 29.6 Å². The van der Waals surface area contributed by atoms with Crippen molar-refractivity contribution in [1.29, 1.82) is 0 Å². The van der Waals surface area contributed by atoms with Crippen LogP contribution < -0.4 is 10.1 Å². The van der Waals surface area contributed by atoms with E-state index >= 15 is 0 Å². The van der Waals surface area contributed by atoms with E-state index in [-0.39, 0.29) is 11.7 Å². The first kappa shape index (κ1) is 14.5. The van der Waals surface area contributed by atoms with Gasteiger partial charge in [-0.15, -0.1) is 0 Å². The average Bonchev–Trinajstić information content (AvgIpc) is 2.35. The van der Waals surface area contributed by atoms with Gasteiger partial charge in [-0.3, -0.25) is 4.79 Å². The van der Waals surface area contributed by atoms with Crippen molar-refractivity contribution >= 4 is 5.91 Å². The molecule has 1 amide bonds. The summed E-state index contributed by atoms with van der Waals surface area (Å²) in [4.78, 5) is 11.7. The quantitative estimate of drug-likeness (QED) is 0.792. The minimum Gasteiger partial charge on any atom is -0.478 e. The van der Waals surface area contributed by atoms with Gasteiger partial charge < -0.3 is 10.1 Å². The number of ether oxygens (including phenoxy) is 1. The zero-order valence-corrected chi connectivity index (χ0v) is 11.1. The predicted molar refractivity (Wildman–Crippen MR) is 69.1 cm³/mol. The Labute approximate surface area is 107 Å². The van der Waals surface area contributed by atoms with Gasteiger partial charge in [0, 0.05) is 6.54 Å². The number of hydrogen-bond donors (Lipinski definition) is 1. The Morgan fingerprint density at radius 1 is 1.50 bits per heavy atom. The van der Waals surface area contributed by atoms with Crippen LogP contribution in [0.3, 0.4) is 0 Å². The zero-order chi connectivity index (χ0) is 13.5. The fourth-order valence-corrected chi connectivity index (χ4v) is 1.49. The van der Waals surface area contributed by atoms with E-state index in [9.17, 15) is 9.18 Å². The van der Waals surface area contributed by atoms with Crippen LogP contribution in [0.2, 0.25) is 0 Å². The Morgan fingerprint density at radius 3 is 2.89 bits per heavy atom. The molecule has 4 heteroatoms. The molecule has 0 aromatic heterocycles. The molecule has 1 aromatic rings.